The number of benzene rings is 1. The van der Waals surface area contributed by atoms with Crippen molar-refractivity contribution in [2.45, 2.75) is 64.3 Å². The zero-order chi connectivity index (χ0) is 21.2. The zero-order valence-electron chi connectivity index (χ0n) is 19.1. The van der Waals surface area contributed by atoms with E-state index in [4.69, 9.17) is 4.74 Å². The van der Waals surface area contributed by atoms with Gasteiger partial charge in [-0.3, -0.25) is 9.79 Å². The van der Waals surface area contributed by atoms with Crippen molar-refractivity contribution in [2.24, 2.45) is 10.9 Å². The van der Waals surface area contributed by atoms with Gasteiger partial charge in [0.15, 0.2) is 5.96 Å². The van der Waals surface area contributed by atoms with Crippen molar-refractivity contribution in [2.75, 3.05) is 33.3 Å². The van der Waals surface area contributed by atoms with Crippen molar-refractivity contribution in [1.29, 1.82) is 0 Å². The van der Waals surface area contributed by atoms with E-state index < -0.39 is 0 Å². The minimum Gasteiger partial charge on any atom is -0.494 e. The monoisotopic (exact) mass is 542 g/mol. The number of rotatable bonds is 9. The Hall–Kier alpha value is -1.51. The molecule has 0 bridgehead atoms. The van der Waals surface area contributed by atoms with E-state index in [2.05, 4.69) is 34.7 Å². The third-order valence-electron chi connectivity index (χ3n) is 6.16. The molecule has 0 radical (unpaired) electrons. The average Bonchev–Trinajstić information content (AvgIpc) is 3.46. The Bertz CT molecular complexity index is 689. The first-order chi connectivity index (χ1) is 14.7. The second kappa shape index (κ2) is 13.8. The summed E-state index contributed by atoms with van der Waals surface area (Å²) in [6.07, 6.45) is 8.70. The second-order valence-electron chi connectivity index (χ2n) is 8.49. The summed E-state index contributed by atoms with van der Waals surface area (Å²) in [5.41, 5.74) is 1.27. The van der Waals surface area contributed by atoms with Crippen LogP contribution in [0.2, 0.25) is 0 Å². The van der Waals surface area contributed by atoms with Gasteiger partial charge in [0, 0.05) is 38.6 Å². The maximum atomic E-state index is 12.6. The van der Waals surface area contributed by atoms with Crippen LogP contribution in [-0.2, 0) is 11.2 Å². The number of hydrogen-bond acceptors (Lipinski definition) is 3. The van der Waals surface area contributed by atoms with Crippen LogP contribution < -0.4 is 15.4 Å². The Kier molecular flexibility index (Phi) is 11.5. The molecular weight excluding hydrogens is 503 g/mol. The molecule has 1 unspecified atom stereocenters. The molecule has 1 aromatic carbocycles. The topological polar surface area (TPSA) is 66.0 Å². The first-order valence-corrected chi connectivity index (χ1v) is 11.7. The molecule has 1 saturated heterocycles. The average molecular weight is 543 g/mol. The van der Waals surface area contributed by atoms with Crippen LogP contribution in [0, 0.1) is 5.92 Å². The lowest BCUT2D eigenvalue weighted by Gasteiger charge is -2.21. The van der Waals surface area contributed by atoms with Crippen molar-refractivity contribution in [1.82, 2.24) is 15.5 Å². The van der Waals surface area contributed by atoms with Gasteiger partial charge in [0.05, 0.1) is 6.61 Å². The highest BCUT2D eigenvalue weighted by Gasteiger charge is 2.32. The fourth-order valence-electron chi connectivity index (χ4n) is 4.31. The lowest BCUT2D eigenvalue weighted by Crippen LogP contribution is -2.45. The van der Waals surface area contributed by atoms with E-state index in [-0.39, 0.29) is 35.9 Å². The van der Waals surface area contributed by atoms with Crippen LogP contribution in [0.15, 0.2) is 29.3 Å². The highest BCUT2D eigenvalue weighted by molar-refractivity contribution is 14.0. The maximum Gasteiger partial charge on any atom is 0.225 e. The lowest BCUT2D eigenvalue weighted by atomic mass is 10.1. The number of nitrogens with zero attached hydrogens (tertiary/aromatic N) is 2. The van der Waals surface area contributed by atoms with Crippen LogP contribution in [0.4, 0.5) is 0 Å². The molecule has 2 fully saturated rings. The van der Waals surface area contributed by atoms with Gasteiger partial charge >= 0.3 is 0 Å². The summed E-state index contributed by atoms with van der Waals surface area (Å²) in [7, 11) is 1.80. The Balaban J connectivity index is 0.00000341. The summed E-state index contributed by atoms with van der Waals surface area (Å²) in [5, 5.41) is 6.89. The van der Waals surface area contributed by atoms with Crippen molar-refractivity contribution >= 4 is 35.8 Å². The third-order valence-corrected chi connectivity index (χ3v) is 6.16. The first-order valence-electron chi connectivity index (χ1n) is 11.7. The van der Waals surface area contributed by atoms with Crippen molar-refractivity contribution < 1.29 is 9.53 Å². The number of guanidine groups is 1. The minimum atomic E-state index is 0. The molecule has 1 amide bonds. The highest BCUT2D eigenvalue weighted by Crippen LogP contribution is 2.27. The van der Waals surface area contributed by atoms with E-state index in [0.717, 1.165) is 76.5 Å². The molecule has 31 heavy (non-hydrogen) atoms. The van der Waals surface area contributed by atoms with Crippen molar-refractivity contribution in [3.63, 3.8) is 0 Å². The Morgan fingerprint density at radius 1 is 1.19 bits per heavy atom. The van der Waals surface area contributed by atoms with Crippen LogP contribution in [0.1, 0.15) is 57.4 Å². The molecule has 0 aromatic heterocycles. The number of unbranched alkanes of at least 4 members (excludes halogenated alkanes) is 1. The highest BCUT2D eigenvalue weighted by atomic mass is 127. The van der Waals surface area contributed by atoms with Gasteiger partial charge in [0.25, 0.3) is 0 Å². The minimum absolute atomic E-state index is 0. The molecule has 1 aliphatic carbocycles. The summed E-state index contributed by atoms with van der Waals surface area (Å²) >= 11 is 0. The van der Waals surface area contributed by atoms with Gasteiger partial charge in [-0.15, -0.1) is 24.0 Å². The number of aliphatic imine (C=N–C) groups is 1. The van der Waals surface area contributed by atoms with Gasteiger partial charge in [0.1, 0.15) is 5.75 Å². The zero-order valence-corrected chi connectivity index (χ0v) is 21.4. The number of amides is 1. The quantitative estimate of drug-likeness (QED) is 0.215. The summed E-state index contributed by atoms with van der Waals surface area (Å²) in [6, 6.07) is 8.63. The lowest BCUT2D eigenvalue weighted by molar-refractivity contribution is -0.134. The number of nitrogens with one attached hydrogen (secondary N) is 2. The molecule has 2 N–H and O–H groups in total. The smallest absolute Gasteiger partial charge is 0.225 e. The fourth-order valence-corrected chi connectivity index (χ4v) is 4.31. The van der Waals surface area contributed by atoms with Crippen LogP contribution in [-0.4, -0.2) is 56.1 Å². The number of carbonyl (C=O) groups is 1. The molecule has 2 aliphatic rings. The Labute approximate surface area is 204 Å². The maximum absolute atomic E-state index is 12.6. The first kappa shape index (κ1) is 25.7. The summed E-state index contributed by atoms with van der Waals surface area (Å²) in [6.45, 7) is 5.41. The van der Waals surface area contributed by atoms with Crippen LogP contribution in [0.25, 0.3) is 0 Å². The van der Waals surface area contributed by atoms with Crippen molar-refractivity contribution in [3.8, 4) is 5.75 Å². The van der Waals surface area contributed by atoms with Gasteiger partial charge in [-0.05, 0) is 49.8 Å². The summed E-state index contributed by atoms with van der Waals surface area (Å²) in [5.74, 6) is 2.39. The van der Waals surface area contributed by atoms with Gasteiger partial charge in [-0.25, -0.2) is 0 Å². The SMILES string of the molecule is CCCCOc1ccc(CCNC(=NC)NC2CCN(C(=O)C3CCCC3)C2)cc1.I. The second-order valence-corrected chi connectivity index (χ2v) is 8.49. The van der Waals surface area contributed by atoms with E-state index in [1.807, 2.05) is 17.0 Å². The predicted molar refractivity (Wildman–Crippen MR) is 137 cm³/mol. The molecule has 1 atom stereocenters. The summed E-state index contributed by atoms with van der Waals surface area (Å²) in [4.78, 5) is 19.0. The summed E-state index contributed by atoms with van der Waals surface area (Å²) < 4.78 is 5.72. The van der Waals surface area contributed by atoms with Crippen LogP contribution >= 0.6 is 24.0 Å². The number of hydrogen-bond donors (Lipinski definition) is 2. The molecule has 3 rings (SSSR count). The number of ether oxygens (including phenoxy) is 1. The molecule has 174 valence electrons. The molecule has 1 saturated carbocycles. The van der Waals surface area contributed by atoms with E-state index in [1.165, 1.54) is 18.4 Å². The van der Waals surface area contributed by atoms with Crippen LogP contribution in [0.3, 0.4) is 0 Å². The third kappa shape index (κ3) is 8.16. The molecule has 1 aliphatic heterocycles. The van der Waals surface area contributed by atoms with Gasteiger partial charge < -0.3 is 20.3 Å². The normalized spacial score (nSPS) is 19.2. The molecule has 0 spiro atoms. The molecule has 1 aromatic rings. The van der Waals surface area contributed by atoms with Crippen molar-refractivity contribution in [3.05, 3.63) is 29.8 Å². The van der Waals surface area contributed by atoms with Crippen LogP contribution in [0.5, 0.6) is 5.75 Å². The largest absolute Gasteiger partial charge is 0.494 e. The Morgan fingerprint density at radius 2 is 1.94 bits per heavy atom. The molecular formula is C24H39IN4O2. The molecule has 6 nitrogen and oxygen atoms in total. The van der Waals surface area contributed by atoms with E-state index in [1.54, 1.807) is 7.05 Å². The van der Waals surface area contributed by atoms with Gasteiger partial charge in [-0.1, -0.05) is 38.3 Å². The predicted octanol–water partition coefficient (Wildman–Crippen LogP) is 3.98. The number of halogens is 1. The molecule has 1 heterocycles. The van der Waals surface area contributed by atoms with E-state index in [9.17, 15) is 4.79 Å². The van der Waals surface area contributed by atoms with Gasteiger partial charge in [-0.2, -0.15) is 0 Å². The fraction of sp³-hybridized carbons (Fsp3) is 0.667. The number of likely N-dealkylation sites (tertiary alicyclic amines) is 1. The standard InChI is InChI=1S/C24H38N4O2.HI/c1-3-4-17-30-22-11-9-19(10-12-22)13-15-26-24(25-2)27-21-14-16-28(18-21)23(29)20-7-5-6-8-20;/h9-12,20-21H,3-8,13-18H2,1-2H3,(H2,25,26,27);1H. The molecule has 7 heteroatoms. The Morgan fingerprint density at radius 3 is 2.61 bits per heavy atom. The van der Waals surface area contributed by atoms with E-state index in [0.29, 0.717) is 5.91 Å². The van der Waals surface area contributed by atoms with E-state index >= 15 is 0 Å². The van der Waals surface area contributed by atoms with Gasteiger partial charge in [0.2, 0.25) is 5.91 Å². The number of carbonyl (C=O) groups excluding carboxylic acids is 1.